The maximum Gasteiger partial charge on any atom is 0.124 e. The number of rotatable bonds is 5. The van der Waals surface area contributed by atoms with E-state index in [4.69, 9.17) is 16.3 Å². The highest BCUT2D eigenvalue weighted by Gasteiger charge is 2.20. The van der Waals surface area contributed by atoms with Gasteiger partial charge in [0.15, 0.2) is 0 Å². The summed E-state index contributed by atoms with van der Waals surface area (Å²) < 4.78 is 7.57. The Morgan fingerprint density at radius 1 is 1.14 bits per heavy atom. The van der Waals surface area contributed by atoms with E-state index in [1.165, 1.54) is 0 Å². The van der Waals surface area contributed by atoms with Gasteiger partial charge in [0, 0.05) is 19.5 Å². The van der Waals surface area contributed by atoms with Gasteiger partial charge in [0.1, 0.15) is 5.75 Å². The summed E-state index contributed by atoms with van der Waals surface area (Å²) in [5, 5.41) is 4.19. The molecule has 0 heterocycles. The summed E-state index contributed by atoms with van der Waals surface area (Å²) in [5.74, 6) is 0.817. The lowest BCUT2D eigenvalue weighted by atomic mass is 9.97. The Labute approximate surface area is 147 Å². The molecule has 2 rings (SSSR count). The number of methoxy groups -OCH3 is 1. The number of hydrogen-bond acceptors (Lipinski definition) is 2. The van der Waals surface area contributed by atoms with E-state index in [0.29, 0.717) is 5.02 Å². The minimum atomic E-state index is -0.00414. The SMILES string of the molecule is CCNC(c1cc(Br)ccc1Br)c1cc(Cl)ccc1OC. The average Bonchev–Trinajstić information content (AvgIpc) is 2.47. The number of nitrogens with one attached hydrogen (secondary N) is 1. The van der Waals surface area contributed by atoms with Gasteiger partial charge < -0.3 is 10.1 Å². The normalized spacial score (nSPS) is 12.2. The molecule has 0 aromatic heterocycles. The number of ether oxygens (including phenoxy) is 1. The van der Waals surface area contributed by atoms with E-state index in [1.54, 1.807) is 7.11 Å². The zero-order chi connectivity index (χ0) is 15.4. The van der Waals surface area contributed by atoms with Crippen molar-refractivity contribution in [3.8, 4) is 5.75 Å². The van der Waals surface area contributed by atoms with Crippen LogP contribution in [0.5, 0.6) is 5.75 Å². The van der Waals surface area contributed by atoms with E-state index in [-0.39, 0.29) is 6.04 Å². The third-order valence-electron chi connectivity index (χ3n) is 3.18. The molecule has 0 fully saturated rings. The predicted molar refractivity (Wildman–Crippen MR) is 95.4 cm³/mol. The molecular formula is C16H16Br2ClNO. The third kappa shape index (κ3) is 4.01. The quantitative estimate of drug-likeness (QED) is 0.665. The number of hydrogen-bond donors (Lipinski definition) is 1. The molecule has 0 spiro atoms. The molecule has 1 N–H and O–H groups in total. The summed E-state index contributed by atoms with van der Waals surface area (Å²) in [7, 11) is 1.67. The number of benzene rings is 2. The van der Waals surface area contributed by atoms with Crippen LogP contribution in [-0.4, -0.2) is 13.7 Å². The fourth-order valence-corrected chi connectivity index (χ4v) is 3.29. The van der Waals surface area contributed by atoms with Crippen LogP contribution in [0.25, 0.3) is 0 Å². The molecule has 2 aromatic carbocycles. The van der Waals surface area contributed by atoms with Gasteiger partial charge in [-0.3, -0.25) is 0 Å². The van der Waals surface area contributed by atoms with E-state index in [2.05, 4.69) is 50.2 Å². The molecule has 0 aliphatic heterocycles. The number of halogens is 3. The molecule has 112 valence electrons. The molecule has 0 amide bonds. The maximum absolute atomic E-state index is 6.17. The summed E-state index contributed by atoms with van der Waals surface area (Å²) in [4.78, 5) is 0. The van der Waals surface area contributed by atoms with E-state index in [9.17, 15) is 0 Å². The standard InChI is InChI=1S/C16H16Br2ClNO/c1-3-20-16(12-8-10(17)4-6-14(12)18)13-9-11(19)5-7-15(13)21-2/h4-9,16,20H,3H2,1-2H3. The third-order valence-corrected chi connectivity index (χ3v) is 4.63. The summed E-state index contributed by atoms with van der Waals surface area (Å²) in [6.45, 7) is 2.91. The van der Waals surface area contributed by atoms with Gasteiger partial charge in [0.2, 0.25) is 0 Å². The van der Waals surface area contributed by atoms with E-state index < -0.39 is 0 Å². The maximum atomic E-state index is 6.17. The van der Waals surface area contributed by atoms with Crippen molar-refractivity contribution in [3.63, 3.8) is 0 Å². The van der Waals surface area contributed by atoms with Gasteiger partial charge in [0.05, 0.1) is 13.2 Å². The zero-order valence-corrected chi connectivity index (χ0v) is 15.7. The summed E-state index contributed by atoms with van der Waals surface area (Å²) in [6.07, 6.45) is 0. The van der Waals surface area contributed by atoms with Crippen molar-refractivity contribution in [1.82, 2.24) is 5.32 Å². The molecule has 5 heteroatoms. The van der Waals surface area contributed by atoms with Gasteiger partial charge in [0.25, 0.3) is 0 Å². The van der Waals surface area contributed by atoms with Crippen LogP contribution >= 0.6 is 43.5 Å². The van der Waals surface area contributed by atoms with Crippen LogP contribution in [0, 0.1) is 0 Å². The van der Waals surface area contributed by atoms with Crippen molar-refractivity contribution in [2.24, 2.45) is 0 Å². The van der Waals surface area contributed by atoms with Gasteiger partial charge in [-0.25, -0.2) is 0 Å². The van der Waals surface area contributed by atoms with Gasteiger partial charge in [-0.1, -0.05) is 50.4 Å². The molecular weight excluding hydrogens is 417 g/mol. The van der Waals surface area contributed by atoms with Crippen LogP contribution in [0.3, 0.4) is 0 Å². The lowest BCUT2D eigenvalue weighted by Crippen LogP contribution is -2.23. The first-order valence-corrected chi connectivity index (χ1v) is 8.55. The molecule has 1 atom stereocenters. The fraction of sp³-hybridized carbons (Fsp3) is 0.250. The Balaban J connectivity index is 2.58. The molecule has 0 aliphatic carbocycles. The first-order chi connectivity index (χ1) is 10.1. The van der Waals surface area contributed by atoms with Crippen LogP contribution in [0.15, 0.2) is 45.3 Å². The van der Waals surface area contributed by atoms with Gasteiger partial charge in [-0.05, 0) is 48.5 Å². The van der Waals surface area contributed by atoms with Crippen molar-refractivity contribution in [3.05, 3.63) is 61.5 Å². The van der Waals surface area contributed by atoms with Crippen LogP contribution in [0.2, 0.25) is 5.02 Å². The summed E-state index contributed by atoms with van der Waals surface area (Å²) >= 11 is 13.3. The Morgan fingerprint density at radius 3 is 2.57 bits per heavy atom. The fourth-order valence-electron chi connectivity index (χ4n) is 2.26. The monoisotopic (exact) mass is 431 g/mol. The molecule has 0 bridgehead atoms. The Hall–Kier alpha value is -0.550. The minimum absolute atomic E-state index is 0.00414. The van der Waals surface area contributed by atoms with Crippen LogP contribution in [0.4, 0.5) is 0 Å². The average molecular weight is 434 g/mol. The Bertz CT molecular complexity index is 634. The molecule has 2 nitrogen and oxygen atoms in total. The second kappa shape index (κ2) is 7.63. The van der Waals surface area contributed by atoms with Crippen molar-refractivity contribution in [2.75, 3.05) is 13.7 Å². The van der Waals surface area contributed by atoms with Gasteiger partial charge in [-0.2, -0.15) is 0 Å². The van der Waals surface area contributed by atoms with E-state index in [1.807, 2.05) is 30.3 Å². The highest BCUT2D eigenvalue weighted by atomic mass is 79.9. The van der Waals surface area contributed by atoms with Gasteiger partial charge in [-0.15, -0.1) is 0 Å². The van der Waals surface area contributed by atoms with Crippen LogP contribution < -0.4 is 10.1 Å². The van der Waals surface area contributed by atoms with E-state index >= 15 is 0 Å². The molecule has 0 saturated carbocycles. The van der Waals surface area contributed by atoms with Crippen molar-refractivity contribution < 1.29 is 4.74 Å². The van der Waals surface area contributed by atoms with Crippen molar-refractivity contribution in [1.29, 1.82) is 0 Å². The van der Waals surface area contributed by atoms with E-state index in [0.717, 1.165) is 32.4 Å². The lowest BCUT2D eigenvalue weighted by Gasteiger charge is -2.23. The van der Waals surface area contributed by atoms with Crippen LogP contribution in [-0.2, 0) is 0 Å². The highest BCUT2D eigenvalue weighted by Crippen LogP contribution is 2.36. The van der Waals surface area contributed by atoms with Crippen LogP contribution in [0.1, 0.15) is 24.1 Å². The topological polar surface area (TPSA) is 21.3 Å². The van der Waals surface area contributed by atoms with Crippen molar-refractivity contribution >= 4 is 43.5 Å². The molecule has 0 saturated heterocycles. The summed E-state index contributed by atoms with van der Waals surface area (Å²) in [5.41, 5.74) is 2.15. The second-order valence-electron chi connectivity index (χ2n) is 4.54. The Morgan fingerprint density at radius 2 is 1.90 bits per heavy atom. The minimum Gasteiger partial charge on any atom is -0.496 e. The molecule has 0 radical (unpaired) electrons. The zero-order valence-electron chi connectivity index (χ0n) is 11.8. The molecule has 1 unspecified atom stereocenters. The largest absolute Gasteiger partial charge is 0.496 e. The first kappa shape index (κ1) is 16.8. The molecule has 2 aromatic rings. The van der Waals surface area contributed by atoms with Gasteiger partial charge >= 0.3 is 0 Å². The smallest absolute Gasteiger partial charge is 0.124 e. The predicted octanol–water partition coefficient (Wildman–Crippen LogP) is 5.57. The molecule has 21 heavy (non-hydrogen) atoms. The first-order valence-electron chi connectivity index (χ1n) is 6.58. The van der Waals surface area contributed by atoms with Crippen molar-refractivity contribution in [2.45, 2.75) is 13.0 Å². The molecule has 0 aliphatic rings. The second-order valence-corrected chi connectivity index (χ2v) is 6.75. The highest BCUT2D eigenvalue weighted by molar-refractivity contribution is 9.11. The Kier molecular flexibility index (Phi) is 6.11. The lowest BCUT2D eigenvalue weighted by molar-refractivity contribution is 0.404. The summed E-state index contributed by atoms with van der Waals surface area (Å²) in [6, 6.07) is 11.8.